The highest BCUT2D eigenvalue weighted by Gasteiger charge is 2.31. The van der Waals surface area contributed by atoms with Crippen molar-refractivity contribution in [3.05, 3.63) is 82.2 Å². The summed E-state index contributed by atoms with van der Waals surface area (Å²) in [7, 11) is 0. The second kappa shape index (κ2) is 8.90. The Labute approximate surface area is 200 Å². The molecule has 1 aliphatic rings. The number of nitro benzene ring substituents is 1. The average Bonchev–Trinajstić information content (AvgIpc) is 3.58. The Morgan fingerprint density at radius 3 is 2.56 bits per heavy atom. The molecule has 0 unspecified atom stereocenters. The van der Waals surface area contributed by atoms with Crippen molar-refractivity contribution in [2.45, 2.75) is 48.7 Å². The van der Waals surface area contributed by atoms with E-state index in [4.69, 9.17) is 0 Å². The van der Waals surface area contributed by atoms with E-state index in [9.17, 15) is 14.9 Å². The molecule has 1 amide bonds. The molecule has 1 fully saturated rings. The van der Waals surface area contributed by atoms with Gasteiger partial charge in [-0.2, -0.15) is 0 Å². The Balaban J connectivity index is 1.41. The minimum absolute atomic E-state index is 0.132. The van der Waals surface area contributed by atoms with E-state index >= 15 is 0 Å². The Hall–Kier alpha value is -3.72. The van der Waals surface area contributed by atoms with Crippen LogP contribution in [-0.2, 0) is 0 Å². The Morgan fingerprint density at radius 2 is 1.85 bits per heavy atom. The number of aromatic nitrogens is 3. The number of amides is 1. The van der Waals surface area contributed by atoms with Gasteiger partial charge in [0, 0.05) is 29.3 Å². The van der Waals surface area contributed by atoms with Gasteiger partial charge in [0.2, 0.25) is 0 Å². The summed E-state index contributed by atoms with van der Waals surface area (Å²) < 4.78 is 2.10. The van der Waals surface area contributed by atoms with Gasteiger partial charge in [0.05, 0.1) is 9.82 Å². The number of nitrogens with zero attached hydrogens (tertiary/aromatic N) is 4. The van der Waals surface area contributed by atoms with Crippen molar-refractivity contribution in [1.29, 1.82) is 0 Å². The van der Waals surface area contributed by atoms with E-state index in [0.29, 0.717) is 21.8 Å². The number of nitrogens with one attached hydrogen (secondary N) is 1. The predicted octanol–water partition coefficient (Wildman–Crippen LogP) is 6.20. The van der Waals surface area contributed by atoms with Crippen LogP contribution < -0.4 is 5.32 Å². The number of fused-ring (bicyclic) bond motifs is 1. The average molecular weight is 474 g/mol. The first-order valence-electron chi connectivity index (χ1n) is 11.1. The van der Waals surface area contributed by atoms with Crippen molar-refractivity contribution < 1.29 is 9.72 Å². The first-order chi connectivity index (χ1) is 16.4. The Kier molecular flexibility index (Phi) is 5.79. The van der Waals surface area contributed by atoms with Crippen molar-refractivity contribution in [2.24, 2.45) is 0 Å². The Morgan fingerprint density at radius 1 is 1.09 bits per heavy atom. The van der Waals surface area contributed by atoms with E-state index < -0.39 is 10.8 Å². The van der Waals surface area contributed by atoms with Gasteiger partial charge in [0.1, 0.15) is 5.82 Å². The maximum absolute atomic E-state index is 12.9. The molecule has 5 rings (SSSR count). The lowest BCUT2D eigenvalue weighted by atomic mass is 10.1. The SMILES string of the molecule is CC(C)c1nnc(Sc2ccc(C(=O)Nc3ccc4ccccc4c3)cc2[N+](=O)[O-])n1C1CC1. The second-order valence-electron chi connectivity index (χ2n) is 8.65. The van der Waals surface area contributed by atoms with E-state index in [0.717, 1.165) is 29.4 Å². The zero-order chi connectivity index (χ0) is 23.8. The maximum Gasteiger partial charge on any atom is 0.284 e. The van der Waals surface area contributed by atoms with Gasteiger partial charge in [-0.15, -0.1) is 10.2 Å². The summed E-state index contributed by atoms with van der Waals surface area (Å²) >= 11 is 1.22. The predicted molar refractivity (Wildman–Crippen MR) is 132 cm³/mol. The third-order valence-electron chi connectivity index (χ3n) is 5.75. The standard InChI is InChI=1S/C25H23N5O3S/c1-15(2)23-27-28-25(29(23)20-10-11-20)34-22-12-8-18(14-21(22)30(32)33)24(31)26-19-9-7-16-5-3-4-6-17(16)13-19/h3-9,12-15,20H,10-11H2,1-2H3,(H,26,31). The van der Waals surface area contributed by atoms with Crippen LogP contribution in [-0.4, -0.2) is 25.6 Å². The fourth-order valence-electron chi connectivity index (χ4n) is 3.88. The quantitative estimate of drug-likeness (QED) is 0.253. The highest BCUT2D eigenvalue weighted by Crippen LogP contribution is 2.43. The third kappa shape index (κ3) is 4.38. The lowest BCUT2D eigenvalue weighted by molar-refractivity contribution is -0.387. The minimum atomic E-state index is -0.462. The van der Waals surface area contributed by atoms with Crippen LogP contribution in [0.4, 0.5) is 11.4 Å². The molecule has 8 nitrogen and oxygen atoms in total. The topological polar surface area (TPSA) is 103 Å². The molecule has 0 radical (unpaired) electrons. The number of hydrogen-bond acceptors (Lipinski definition) is 6. The van der Waals surface area contributed by atoms with E-state index in [1.54, 1.807) is 12.1 Å². The minimum Gasteiger partial charge on any atom is -0.322 e. The molecule has 0 atom stereocenters. The maximum atomic E-state index is 12.9. The molecular weight excluding hydrogens is 450 g/mol. The number of carbonyl (C=O) groups excluding carboxylic acids is 1. The van der Waals surface area contributed by atoms with Crippen LogP contribution in [0.5, 0.6) is 0 Å². The van der Waals surface area contributed by atoms with Crippen LogP contribution in [0.2, 0.25) is 0 Å². The third-order valence-corrected chi connectivity index (χ3v) is 6.77. The van der Waals surface area contributed by atoms with Gasteiger partial charge in [-0.3, -0.25) is 14.9 Å². The summed E-state index contributed by atoms with van der Waals surface area (Å²) in [6.45, 7) is 4.12. The van der Waals surface area contributed by atoms with Crippen LogP contribution in [0.3, 0.4) is 0 Å². The van der Waals surface area contributed by atoms with E-state index in [1.165, 1.54) is 17.8 Å². The monoisotopic (exact) mass is 473 g/mol. The number of hydrogen-bond donors (Lipinski definition) is 1. The first-order valence-corrected chi connectivity index (χ1v) is 11.9. The van der Waals surface area contributed by atoms with Gasteiger partial charge in [-0.25, -0.2) is 0 Å². The highest BCUT2D eigenvalue weighted by molar-refractivity contribution is 7.99. The molecule has 0 saturated heterocycles. The molecule has 1 aromatic heterocycles. The molecule has 0 aliphatic heterocycles. The van der Waals surface area contributed by atoms with Crippen LogP contribution in [0, 0.1) is 10.1 Å². The van der Waals surface area contributed by atoms with E-state index in [1.807, 2.05) is 42.5 Å². The molecule has 34 heavy (non-hydrogen) atoms. The van der Waals surface area contributed by atoms with Gasteiger partial charge in [0.25, 0.3) is 11.6 Å². The largest absolute Gasteiger partial charge is 0.322 e. The first kappa shape index (κ1) is 22.1. The number of carbonyl (C=O) groups is 1. The van der Waals surface area contributed by atoms with Crippen molar-refractivity contribution >= 4 is 39.8 Å². The van der Waals surface area contributed by atoms with E-state index in [2.05, 4.69) is 33.9 Å². The number of nitro groups is 1. The Bertz CT molecular complexity index is 1410. The normalized spacial score (nSPS) is 13.4. The second-order valence-corrected chi connectivity index (χ2v) is 9.66. The molecule has 1 N–H and O–H groups in total. The number of benzene rings is 3. The zero-order valence-corrected chi connectivity index (χ0v) is 19.6. The fourth-order valence-corrected chi connectivity index (χ4v) is 4.88. The van der Waals surface area contributed by atoms with Crippen molar-refractivity contribution in [2.75, 3.05) is 5.32 Å². The van der Waals surface area contributed by atoms with Gasteiger partial charge in [0.15, 0.2) is 5.16 Å². The summed E-state index contributed by atoms with van der Waals surface area (Å²) in [5.41, 5.74) is 0.715. The molecule has 1 saturated carbocycles. The lowest BCUT2D eigenvalue weighted by Gasteiger charge is -2.11. The van der Waals surface area contributed by atoms with Gasteiger partial charge in [-0.1, -0.05) is 44.2 Å². The van der Waals surface area contributed by atoms with Crippen molar-refractivity contribution in [3.8, 4) is 0 Å². The zero-order valence-electron chi connectivity index (χ0n) is 18.8. The summed E-state index contributed by atoms with van der Waals surface area (Å²) in [5.74, 6) is 0.691. The fraction of sp³-hybridized carbons (Fsp3) is 0.240. The van der Waals surface area contributed by atoms with Crippen molar-refractivity contribution in [1.82, 2.24) is 14.8 Å². The molecule has 3 aromatic carbocycles. The van der Waals surface area contributed by atoms with Gasteiger partial charge < -0.3 is 9.88 Å². The molecule has 4 aromatic rings. The molecule has 0 spiro atoms. The van der Waals surface area contributed by atoms with Crippen LogP contribution >= 0.6 is 11.8 Å². The molecule has 0 bridgehead atoms. The van der Waals surface area contributed by atoms with Crippen LogP contribution in [0.15, 0.2) is 70.7 Å². The van der Waals surface area contributed by atoms with Gasteiger partial charge in [-0.05, 0) is 59.6 Å². The van der Waals surface area contributed by atoms with E-state index in [-0.39, 0.29) is 17.2 Å². The lowest BCUT2D eigenvalue weighted by Crippen LogP contribution is -2.12. The molecular formula is C25H23N5O3S. The van der Waals surface area contributed by atoms with Crippen LogP contribution in [0.1, 0.15) is 54.8 Å². The number of anilines is 1. The number of rotatable bonds is 7. The molecule has 1 aliphatic carbocycles. The summed E-state index contributed by atoms with van der Waals surface area (Å²) in [6, 6.07) is 18.3. The van der Waals surface area contributed by atoms with Crippen molar-refractivity contribution in [3.63, 3.8) is 0 Å². The van der Waals surface area contributed by atoms with Gasteiger partial charge >= 0.3 is 0 Å². The highest BCUT2D eigenvalue weighted by atomic mass is 32.2. The summed E-state index contributed by atoms with van der Waals surface area (Å²) in [4.78, 5) is 24.7. The summed E-state index contributed by atoms with van der Waals surface area (Å²) in [6.07, 6.45) is 2.11. The molecule has 1 heterocycles. The molecule has 172 valence electrons. The smallest absolute Gasteiger partial charge is 0.284 e. The molecule has 9 heteroatoms. The van der Waals surface area contributed by atoms with Crippen LogP contribution in [0.25, 0.3) is 10.8 Å². The summed E-state index contributed by atoms with van der Waals surface area (Å²) in [5, 5.41) is 26.0.